The number of hydrogen-bond donors (Lipinski definition) is 3. The highest BCUT2D eigenvalue weighted by Gasteiger charge is 2.39. The van der Waals surface area contributed by atoms with Gasteiger partial charge in [-0.2, -0.15) is 5.10 Å². The zero-order chi connectivity index (χ0) is 56.6. The van der Waals surface area contributed by atoms with E-state index in [0.717, 1.165) is 69.4 Å². The molecule has 5 aromatic rings. The Hall–Kier alpha value is -6.96. The molecular weight excluding hydrogens is 1040 g/mol. The predicted molar refractivity (Wildman–Crippen MR) is 300 cm³/mol. The van der Waals surface area contributed by atoms with Gasteiger partial charge in [0.15, 0.2) is 0 Å². The molecule has 5 aliphatic rings. The lowest BCUT2D eigenvalue weighted by atomic mass is 9.82. The van der Waals surface area contributed by atoms with E-state index >= 15 is 4.39 Å². The predicted octanol–water partition coefficient (Wildman–Crippen LogP) is 6.95. The van der Waals surface area contributed by atoms with E-state index in [1.807, 2.05) is 35.2 Å². The Morgan fingerprint density at radius 2 is 1.47 bits per heavy atom. The van der Waals surface area contributed by atoms with Crippen molar-refractivity contribution in [3.63, 3.8) is 0 Å². The van der Waals surface area contributed by atoms with Crippen molar-refractivity contribution in [3.05, 3.63) is 146 Å². The molecule has 81 heavy (non-hydrogen) atoms. The topological polar surface area (TPSA) is 181 Å². The van der Waals surface area contributed by atoms with Gasteiger partial charge in [0, 0.05) is 106 Å². The molecule has 0 bridgehead atoms. The van der Waals surface area contributed by atoms with E-state index in [9.17, 15) is 37.5 Å². The maximum atomic E-state index is 15.2. The van der Waals surface area contributed by atoms with E-state index in [0.29, 0.717) is 92.7 Å². The number of benzene rings is 4. The van der Waals surface area contributed by atoms with E-state index in [1.165, 1.54) is 18.2 Å². The van der Waals surface area contributed by atoms with Crippen LogP contribution in [0.3, 0.4) is 0 Å². The molecule has 4 aromatic carbocycles. The highest BCUT2D eigenvalue weighted by molar-refractivity contribution is 5.98. The number of rotatable bonds is 16. The summed E-state index contributed by atoms with van der Waals surface area (Å²) in [5.41, 5.74) is 2.66. The minimum Gasteiger partial charge on any atom is -0.375 e. The van der Waals surface area contributed by atoms with Gasteiger partial charge in [0.05, 0.1) is 41.9 Å². The molecule has 1 saturated carbocycles. The van der Waals surface area contributed by atoms with Crippen molar-refractivity contribution in [2.24, 2.45) is 5.92 Å². The highest BCUT2D eigenvalue weighted by atomic mass is 19.1. The normalized spacial score (nSPS) is 21.0. The van der Waals surface area contributed by atoms with Crippen LogP contribution in [0.2, 0.25) is 0 Å². The van der Waals surface area contributed by atoms with Crippen LogP contribution in [-0.4, -0.2) is 161 Å². The van der Waals surface area contributed by atoms with Crippen LogP contribution in [-0.2, 0) is 32.1 Å². The fraction of sp³-hybridized carbons (Fsp3) is 0.500. The number of likely N-dealkylation sites (tertiary alicyclic amines) is 3. The molecule has 4 atom stereocenters. The van der Waals surface area contributed by atoms with Crippen molar-refractivity contribution >= 4 is 40.3 Å². The lowest BCUT2D eigenvalue weighted by molar-refractivity contribution is -0.143. The summed E-state index contributed by atoms with van der Waals surface area (Å²) < 4.78 is 49.4. The Bertz CT molecular complexity index is 3140. The number of hydrogen-bond acceptors (Lipinski definition) is 10. The minimum absolute atomic E-state index is 0.00830. The third-order valence-electron chi connectivity index (χ3n) is 17.4. The van der Waals surface area contributed by atoms with Crippen LogP contribution in [0.1, 0.15) is 127 Å². The van der Waals surface area contributed by atoms with Gasteiger partial charge in [0.2, 0.25) is 17.7 Å². The SMILES string of the molecule is C[C@H]1C[C@H](OC2CCN(CC(=O)N3CCN(C(=O)c4cc(Cc5n[nH]c(=O)c6ccccc56)ccc4F)CC3)CC2)CCN1C(=O)[C@H](NC(=O)c1cccc([C@@H]2CCCN(C(=O)CNCc3ccc(F)cc3F)C2)c1)C1CCCCC1. The first-order valence-electron chi connectivity index (χ1n) is 29.1. The summed E-state index contributed by atoms with van der Waals surface area (Å²) in [6.45, 7) is 6.70. The smallest absolute Gasteiger partial charge is 0.272 e. The number of fused-ring (bicyclic) bond motifs is 1. The molecule has 16 nitrogen and oxygen atoms in total. The van der Waals surface area contributed by atoms with Gasteiger partial charge in [0.25, 0.3) is 17.4 Å². The van der Waals surface area contributed by atoms with Gasteiger partial charge < -0.3 is 35.0 Å². The number of amides is 5. The van der Waals surface area contributed by atoms with Gasteiger partial charge in [-0.1, -0.05) is 61.7 Å². The minimum atomic E-state index is -0.662. The molecule has 10 rings (SSSR count). The van der Waals surface area contributed by atoms with Gasteiger partial charge in [-0.25, -0.2) is 18.3 Å². The Morgan fingerprint density at radius 1 is 0.716 bits per heavy atom. The number of piperidine rings is 3. The second kappa shape index (κ2) is 26.3. The Kier molecular flexibility index (Phi) is 18.6. The van der Waals surface area contributed by atoms with Gasteiger partial charge in [-0.15, -0.1) is 0 Å². The van der Waals surface area contributed by atoms with Crippen molar-refractivity contribution in [2.45, 2.75) is 121 Å². The number of carbonyl (C=O) groups is 5. The third-order valence-corrected chi connectivity index (χ3v) is 17.4. The van der Waals surface area contributed by atoms with E-state index in [2.05, 4.69) is 32.7 Å². The highest BCUT2D eigenvalue weighted by Crippen LogP contribution is 2.32. The summed E-state index contributed by atoms with van der Waals surface area (Å²) in [5.74, 6) is -2.80. The Labute approximate surface area is 470 Å². The van der Waals surface area contributed by atoms with E-state index in [4.69, 9.17) is 4.74 Å². The second-order valence-electron chi connectivity index (χ2n) is 22.8. The largest absolute Gasteiger partial charge is 0.375 e. The quantitative estimate of drug-likeness (QED) is 0.0936. The molecule has 0 spiro atoms. The van der Waals surface area contributed by atoms with Crippen molar-refractivity contribution in [2.75, 3.05) is 72.0 Å². The van der Waals surface area contributed by atoms with Crippen LogP contribution < -0.4 is 16.2 Å². The monoisotopic (exact) mass is 1110 g/mol. The van der Waals surface area contributed by atoms with Gasteiger partial charge >= 0.3 is 0 Å². The number of ether oxygens (including phenoxy) is 1. The van der Waals surface area contributed by atoms with Gasteiger partial charge in [0.1, 0.15) is 23.5 Å². The third kappa shape index (κ3) is 14.0. The van der Waals surface area contributed by atoms with E-state index < -0.39 is 29.4 Å². The summed E-state index contributed by atoms with van der Waals surface area (Å²) in [6.07, 6.45) is 9.70. The van der Waals surface area contributed by atoms with Crippen molar-refractivity contribution < 1.29 is 41.9 Å². The lowest BCUT2D eigenvalue weighted by Crippen LogP contribution is -2.57. The number of nitrogens with zero attached hydrogens (tertiary/aromatic N) is 6. The molecular formula is C62H74F3N9O7. The molecule has 0 radical (unpaired) electrons. The summed E-state index contributed by atoms with van der Waals surface area (Å²) in [5, 5.41) is 14.2. The average Bonchev–Trinajstić information content (AvgIpc) is 3.49. The maximum Gasteiger partial charge on any atom is 0.272 e. The number of piperazine rings is 1. The molecule has 1 aromatic heterocycles. The van der Waals surface area contributed by atoms with Gasteiger partial charge in [-0.3, -0.25) is 33.7 Å². The Morgan fingerprint density at radius 3 is 2.23 bits per heavy atom. The zero-order valence-electron chi connectivity index (χ0n) is 46.2. The first kappa shape index (κ1) is 57.3. The van der Waals surface area contributed by atoms with Crippen molar-refractivity contribution in [3.8, 4) is 0 Å². The van der Waals surface area contributed by atoms with Gasteiger partial charge in [-0.05, 0) is 112 Å². The molecule has 1 aliphatic carbocycles. The molecule has 430 valence electrons. The number of carbonyl (C=O) groups excluding carboxylic acids is 5. The first-order chi connectivity index (χ1) is 39.2. The molecule has 5 fully saturated rings. The van der Waals surface area contributed by atoms with Crippen molar-refractivity contribution in [1.82, 2.24) is 45.3 Å². The number of aromatic amines is 1. The lowest BCUT2D eigenvalue weighted by Gasteiger charge is -2.42. The summed E-state index contributed by atoms with van der Waals surface area (Å²) >= 11 is 0. The number of H-pyrrole nitrogens is 1. The molecule has 5 amide bonds. The first-order valence-corrected chi connectivity index (χ1v) is 29.1. The molecule has 3 N–H and O–H groups in total. The molecule has 19 heteroatoms. The standard InChI is InChI=1S/C62H74F3N9O7/c1-40-31-49(81-48-20-24-70(25-21-48)39-57(76)71-27-29-72(30-28-71)61(79)52-32-41(16-19-53(52)64)33-55-50-14-5-6-15-51(50)60(78)69-68-55)22-26-74(40)62(80)58(42-9-3-2-4-10-42)67-59(77)44-12-7-11-43(34-44)46-13-8-23-73(38-46)56(75)37-66-36-45-17-18-47(63)35-54(45)65/h5-7,11-12,14-19,32,34-35,40,42,46,48-49,58,66H,2-4,8-10,13,20-31,33,36-39H2,1H3,(H,67,77)(H,69,78)/t40-,46+,49+,58+/m0/s1. The van der Waals surface area contributed by atoms with Crippen LogP contribution in [0, 0.1) is 23.4 Å². The summed E-state index contributed by atoms with van der Waals surface area (Å²) in [4.78, 5) is 90.8. The zero-order valence-corrected chi connectivity index (χ0v) is 46.2. The van der Waals surface area contributed by atoms with Crippen molar-refractivity contribution in [1.29, 1.82) is 0 Å². The maximum absolute atomic E-state index is 15.2. The van der Waals surface area contributed by atoms with E-state index in [1.54, 1.807) is 45.0 Å². The van der Waals surface area contributed by atoms with Crippen LogP contribution in [0.15, 0.2) is 89.7 Å². The fourth-order valence-electron chi connectivity index (χ4n) is 12.8. The summed E-state index contributed by atoms with van der Waals surface area (Å²) in [6, 6.07) is 21.7. The van der Waals surface area contributed by atoms with Crippen LogP contribution in [0.25, 0.3) is 10.8 Å². The molecule has 0 unspecified atom stereocenters. The van der Waals surface area contributed by atoms with E-state index in [-0.39, 0.29) is 103 Å². The number of halogens is 3. The van der Waals surface area contributed by atoms with Crippen LogP contribution >= 0.6 is 0 Å². The second-order valence-corrected chi connectivity index (χ2v) is 22.8. The molecule has 5 heterocycles. The molecule has 4 aliphatic heterocycles. The summed E-state index contributed by atoms with van der Waals surface area (Å²) in [7, 11) is 0. The average molecular weight is 1110 g/mol. The molecule has 4 saturated heterocycles. The Balaban J connectivity index is 0.661. The fourth-order valence-corrected chi connectivity index (χ4v) is 12.8. The number of nitrogens with one attached hydrogen (secondary N) is 3. The number of aromatic nitrogens is 2. The van der Waals surface area contributed by atoms with Crippen LogP contribution in [0.5, 0.6) is 0 Å². The van der Waals surface area contributed by atoms with Crippen LogP contribution in [0.4, 0.5) is 13.2 Å².